The monoisotopic (exact) mass is 558 g/mol. The fourth-order valence-electron chi connectivity index (χ4n) is 5.02. The molecule has 0 saturated carbocycles. The van der Waals surface area contributed by atoms with Gasteiger partial charge in [-0.2, -0.15) is 0 Å². The molecule has 9 heteroatoms. The molecule has 0 aromatic heterocycles. The van der Waals surface area contributed by atoms with Crippen LogP contribution < -0.4 is 0 Å². The number of hydrogen-bond donors (Lipinski definition) is 0. The first-order chi connectivity index (χ1) is 19.3. The summed E-state index contributed by atoms with van der Waals surface area (Å²) in [6, 6.07) is 26.4. The van der Waals surface area contributed by atoms with Gasteiger partial charge in [-0.1, -0.05) is 91.0 Å². The van der Waals surface area contributed by atoms with E-state index < -0.39 is 47.6 Å². The van der Waals surface area contributed by atoms with Gasteiger partial charge in [-0.3, -0.25) is 24.2 Å². The molecule has 0 N–H and O–H groups in total. The van der Waals surface area contributed by atoms with Gasteiger partial charge in [0.1, 0.15) is 5.70 Å². The highest BCUT2D eigenvalue weighted by Gasteiger charge is 2.64. The minimum absolute atomic E-state index is 0.0127. The minimum atomic E-state index is -1.46. The molecule has 2 saturated heterocycles. The summed E-state index contributed by atoms with van der Waals surface area (Å²) in [5.74, 6) is -1.79. The maximum Gasteiger partial charge on any atom is 0.356 e. The standard InChI is InChI=1S/C31H27ClN2O6/c1-19(2)24(31(38)39-26(21-14-8-4-9-15-21)22-16-10-5-11-17-22)34-28(37)25-29(34)40-30(27(32)36)33(25)23(35)18-20-12-6-3-7-13-20/h3-17,25-26,29-30H,18H2,1-2H3. The number of amides is 2. The first-order valence-corrected chi connectivity index (χ1v) is 13.2. The Kier molecular flexibility index (Phi) is 7.82. The Labute approximate surface area is 236 Å². The molecule has 0 aliphatic carbocycles. The third kappa shape index (κ3) is 5.15. The van der Waals surface area contributed by atoms with E-state index in [0.717, 1.165) is 20.9 Å². The summed E-state index contributed by atoms with van der Waals surface area (Å²) in [6.07, 6.45) is -3.31. The predicted octanol–water partition coefficient (Wildman–Crippen LogP) is 4.34. The third-order valence-electron chi connectivity index (χ3n) is 6.85. The van der Waals surface area contributed by atoms with E-state index in [1.54, 1.807) is 38.1 Å². The van der Waals surface area contributed by atoms with Crippen LogP contribution >= 0.6 is 11.6 Å². The van der Waals surface area contributed by atoms with Crippen molar-refractivity contribution in [2.24, 2.45) is 0 Å². The number of fused-ring (bicyclic) bond motifs is 1. The van der Waals surface area contributed by atoms with Crippen LogP contribution in [0, 0.1) is 0 Å². The number of carbonyl (C=O) groups is 4. The van der Waals surface area contributed by atoms with Crippen molar-refractivity contribution in [2.75, 3.05) is 0 Å². The van der Waals surface area contributed by atoms with Gasteiger partial charge in [0.25, 0.3) is 11.1 Å². The lowest BCUT2D eigenvalue weighted by molar-refractivity contribution is -0.171. The van der Waals surface area contributed by atoms with Crippen molar-refractivity contribution in [3.05, 3.63) is 119 Å². The van der Waals surface area contributed by atoms with Gasteiger partial charge in [0, 0.05) is 0 Å². The Morgan fingerprint density at radius 1 is 0.875 bits per heavy atom. The molecule has 3 atom stereocenters. The van der Waals surface area contributed by atoms with Gasteiger partial charge in [-0.05, 0) is 47.7 Å². The molecule has 0 radical (unpaired) electrons. The van der Waals surface area contributed by atoms with Crippen molar-refractivity contribution >= 4 is 34.6 Å². The molecule has 2 aliphatic rings. The van der Waals surface area contributed by atoms with Crippen LogP contribution in [-0.2, 0) is 35.1 Å². The van der Waals surface area contributed by atoms with E-state index in [-0.39, 0.29) is 12.1 Å². The first-order valence-electron chi connectivity index (χ1n) is 12.8. The number of hydrogen-bond acceptors (Lipinski definition) is 6. The van der Waals surface area contributed by atoms with Crippen LogP contribution in [0.1, 0.15) is 36.6 Å². The second-order valence-corrected chi connectivity index (χ2v) is 10.1. The number of nitrogens with zero attached hydrogens (tertiary/aromatic N) is 2. The predicted molar refractivity (Wildman–Crippen MR) is 146 cm³/mol. The number of rotatable bonds is 8. The summed E-state index contributed by atoms with van der Waals surface area (Å²) in [5.41, 5.74) is 2.71. The second kappa shape index (κ2) is 11.5. The van der Waals surface area contributed by atoms with Gasteiger partial charge < -0.3 is 9.47 Å². The Morgan fingerprint density at radius 2 is 1.40 bits per heavy atom. The Balaban J connectivity index is 1.41. The summed E-state index contributed by atoms with van der Waals surface area (Å²) in [7, 11) is 0. The summed E-state index contributed by atoms with van der Waals surface area (Å²) < 4.78 is 11.8. The average molecular weight is 559 g/mol. The van der Waals surface area contributed by atoms with Crippen LogP contribution in [0.3, 0.4) is 0 Å². The molecule has 204 valence electrons. The number of benzene rings is 3. The normalized spacial score (nSPS) is 19.6. The van der Waals surface area contributed by atoms with Crippen molar-refractivity contribution < 1.29 is 28.7 Å². The zero-order valence-electron chi connectivity index (χ0n) is 21.9. The smallest absolute Gasteiger partial charge is 0.356 e. The minimum Gasteiger partial charge on any atom is -0.448 e. The Hall–Kier alpha value is -4.27. The van der Waals surface area contributed by atoms with E-state index in [9.17, 15) is 19.2 Å². The van der Waals surface area contributed by atoms with E-state index in [4.69, 9.17) is 21.1 Å². The molecule has 5 rings (SSSR count). The van der Waals surface area contributed by atoms with Gasteiger partial charge in [-0.15, -0.1) is 0 Å². The first kappa shape index (κ1) is 27.3. The quantitative estimate of drug-likeness (QED) is 0.177. The lowest BCUT2D eigenvalue weighted by Crippen LogP contribution is -2.68. The van der Waals surface area contributed by atoms with Crippen LogP contribution in [0.15, 0.2) is 102 Å². The van der Waals surface area contributed by atoms with E-state index in [1.807, 2.05) is 66.7 Å². The van der Waals surface area contributed by atoms with Crippen molar-refractivity contribution in [1.29, 1.82) is 0 Å². The van der Waals surface area contributed by atoms with Gasteiger partial charge in [0.05, 0.1) is 6.42 Å². The van der Waals surface area contributed by atoms with Crippen LogP contribution in [0.4, 0.5) is 0 Å². The highest BCUT2D eigenvalue weighted by molar-refractivity contribution is 6.64. The molecule has 2 amide bonds. The number of allylic oxidation sites excluding steroid dienone is 1. The van der Waals surface area contributed by atoms with Crippen LogP contribution in [0.25, 0.3) is 0 Å². The zero-order chi connectivity index (χ0) is 28.4. The number of likely N-dealkylation sites (tertiary alicyclic amines) is 1. The van der Waals surface area contributed by atoms with Crippen molar-refractivity contribution in [3.8, 4) is 0 Å². The highest BCUT2D eigenvalue weighted by Crippen LogP contribution is 2.41. The molecule has 2 fully saturated rings. The maximum atomic E-state index is 13.7. The fourth-order valence-corrected chi connectivity index (χ4v) is 5.18. The summed E-state index contributed by atoms with van der Waals surface area (Å²) in [4.78, 5) is 54.9. The molecule has 3 aromatic rings. The molecule has 2 aliphatic heterocycles. The Bertz CT molecular complexity index is 1420. The van der Waals surface area contributed by atoms with Crippen LogP contribution in [-0.4, -0.2) is 51.3 Å². The van der Waals surface area contributed by atoms with Gasteiger partial charge >= 0.3 is 5.97 Å². The van der Waals surface area contributed by atoms with E-state index in [0.29, 0.717) is 11.1 Å². The molecular formula is C31H27ClN2O6. The van der Waals surface area contributed by atoms with E-state index >= 15 is 0 Å². The van der Waals surface area contributed by atoms with Crippen molar-refractivity contribution in [3.63, 3.8) is 0 Å². The van der Waals surface area contributed by atoms with Crippen LogP contribution in [0.2, 0.25) is 0 Å². The van der Waals surface area contributed by atoms with E-state index in [1.165, 1.54) is 0 Å². The van der Waals surface area contributed by atoms with E-state index in [2.05, 4.69) is 0 Å². The largest absolute Gasteiger partial charge is 0.448 e. The number of β-lactam (4-membered cyclic amide) rings is 1. The topological polar surface area (TPSA) is 93.2 Å². The zero-order valence-corrected chi connectivity index (χ0v) is 22.7. The molecule has 40 heavy (non-hydrogen) atoms. The summed E-state index contributed by atoms with van der Waals surface area (Å²) >= 11 is 5.80. The number of carbonyl (C=O) groups excluding carboxylic acids is 4. The van der Waals surface area contributed by atoms with Crippen molar-refractivity contribution in [2.45, 2.75) is 44.9 Å². The highest BCUT2D eigenvalue weighted by atomic mass is 35.5. The Morgan fingerprint density at radius 3 is 1.90 bits per heavy atom. The molecule has 0 bridgehead atoms. The molecular weight excluding hydrogens is 532 g/mol. The lowest BCUT2D eigenvalue weighted by Gasteiger charge is -2.44. The lowest BCUT2D eigenvalue weighted by atomic mass is 9.99. The molecule has 3 unspecified atom stereocenters. The number of ether oxygens (including phenoxy) is 2. The third-order valence-corrected chi connectivity index (χ3v) is 7.04. The maximum absolute atomic E-state index is 13.7. The molecule has 8 nitrogen and oxygen atoms in total. The average Bonchev–Trinajstić information content (AvgIpc) is 3.32. The molecule has 2 heterocycles. The fraction of sp³-hybridized carbons (Fsp3) is 0.226. The molecule has 3 aromatic carbocycles. The number of esters is 1. The number of halogens is 1. The van der Waals surface area contributed by atoms with Crippen LogP contribution in [0.5, 0.6) is 0 Å². The van der Waals surface area contributed by atoms with Gasteiger partial charge in [0.2, 0.25) is 12.1 Å². The van der Waals surface area contributed by atoms with Gasteiger partial charge in [0.15, 0.2) is 18.4 Å². The summed E-state index contributed by atoms with van der Waals surface area (Å²) in [5, 5.41) is -0.932. The molecule has 0 spiro atoms. The summed E-state index contributed by atoms with van der Waals surface area (Å²) in [6.45, 7) is 3.35. The van der Waals surface area contributed by atoms with Gasteiger partial charge in [-0.25, -0.2) is 4.79 Å². The SMILES string of the molecule is CC(C)=C(C(=O)OC(c1ccccc1)c1ccccc1)N1C(=O)C2C1OC(C(=O)Cl)N2C(=O)Cc1ccccc1. The van der Waals surface area contributed by atoms with Crippen molar-refractivity contribution in [1.82, 2.24) is 9.80 Å². The second-order valence-electron chi connectivity index (χ2n) is 9.75.